The van der Waals surface area contributed by atoms with Gasteiger partial charge in [-0.15, -0.1) is 0 Å². The first-order valence-corrected chi connectivity index (χ1v) is 5.93. The molecule has 1 heterocycles. The van der Waals surface area contributed by atoms with Crippen molar-refractivity contribution in [1.29, 1.82) is 0 Å². The number of epoxide rings is 1. The van der Waals surface area contributed by atoms with Gasteiger partial charge in [0, 0.05) is 0 Å². The zero-order valence-corrected chi connectivity index (χ0v) is 11.0. The number of hydrogen-bond donors (Lipinski definition) is 0. The molecule has 2 unspecified atom stereocenters. The number of halogens is 1. The van der Waals surface area contributed by atoms with Gasteiger partial charge in [-0.1, -0.05) is 26.0 Å². The summed E-state index contributed by atoms with van der Waals surface area (Å²) in [5.74, 6) is -0.811. The van der Waals surface area contributed by atoms with Gasteiger partial charge in [0.05, 0.1) is 7.11 Å². The Morgan fingerprint density at radius 1 is 1.44 bits per heavy atom. The predicted octanol–water partition coefficient (Wildman–Crippen LogP) is 2.64. The number of hydrogen-bond acceptors (Lipinski definition) is 3. The van der Waals surface area contributed by atoms with Crippen LogP contribution in [0.4, 0.5) is 4.39 Å². The van der Waals surface area contributed by atoms with Gasteiger partial charge in [0.25, 0.3) is 0 Å². The van der Waals surface area contributed by atoms with Gasteiger partial charge in [-0.25, -0.2) is 9.18 Å². The molecule has 98 valence electrons. The van der Waals surface area contributed by atoms with Crippen LogP contribution in [0.5, 0.6) is 0 Å². The molecule has 1 aromatic rings. The number of carbonyl (C=O) groups is 1. The molecule has 1 fully saturated rings. The largest absolute Gasteiger partial charge is 0.467 e. The van der Waals surface area contributed by atoms with Gasteiger partial charge in [0.15, 0.2) is 0 Å². The van der Waals surface area contributed by atoms with Crippen molar-refractivity contribution in [2.75, 3.05) is 7.11 Å². The minimum atomic E-state index is -1.02. The third-order valence-electron chi connectivity index (χ3n) is 3.71. The second-order valence-corrected chi connectivity index (χ2v) is 5.03. The molecule has 0 aliphatic carbocycles. The monoisotopic (exact) mass is 252 g/mol. The molecule has 1 aromatic carbocycles. The van der Waals surface area contributed by atoms with E-state index < -0.39 is 17.2 Å². The average Bonchev–Trinajstić information content (AvgIpc) is 2.98. The summed E-state index contributed by atoms with van der Waals surface area (Å²) in [5.41, 5.74) is -1.19. The van der Waals surface area contributed by atoms with Crippen molar-refractivity contribution in [3.05, 3.63) is 35.6 Å². The van der Waals surface area contributed by atoms with Crippen molar-refractivity contribution in [1.82, 2.24) is 0 Å². The lowest BCUT2D eigenvalue weighted by Crippen LogP contribution is -2.37. The summed E-state index contributed by atoms with van der Waals surface area (Å²) >= 11 is 0. The highest BCUT2D eigenvalue weighted by Gasteiger charge is 2.75. The van der Waals surface area contributed by atoms with E-state index in [-0.39, 0.29) is 11.7 Å². The number of carbonyl (C=O) groups excluding carboxylic acids is 1. The standard InChI is InChI=1S/C14H17FO3/c1-9(2)14(12(16)17-4)13(3,18-14)10-6-5-7-11(15)8-10/h5-9H,1-4H3. The molecule has 2 atom stereocenters. The summed E-state index contributed by atoms with van der Waals surface area (Å²) in [6, 6.07) is 6.13. The van der Waals surface area contributed by atoms with Gasteiger partial charge in [-0.2, -0.15) is 0 Å². The molecule has 0 amide bonds. The van der Waals surface area contributed by atoms with Crippen molar-refractivity contribution >= 4 is 5.97 Å². The van der Waals surface area contributed by atoms with Gasteiger partial charge in [0.2, 0.25) is 5.60 Å². The second kappa shape index (κ2) is 4.05. The van der Waals surface area contributed by atoms with E-state index in [0.717, 1.165) is 0 Å². The fourth-order valence-electron chi connectivity index (χ4n) is 2.65. The quantitative estimate of drug-likeness (QED) is 0.613. The molecule has 3 nitrogen and oxygen atoms in total. The molecule has 0 N–H and O–H groups in total. The van der Waals surface area contributed by atoms with Crippen LogP contribution in [0.1, 0.15) is 26.3 Å². The molecule has 1 aliphatic heterocycles. The van der Waals surface area contributed by atoms with Crippen LogP contribution in [0.2, 0.25) is 0 Å². The molecule has 0 radical (unpaired) electrons. The van der Waals surface area contributed by atoms with Crippen LogP contribution < -0.4 is 0 Å². The molecule has 18 heavy (non-hydrogen) atoms. The lowest BCUT2D eigenvalue weighted by molar-refractivity contribution is -0.148. The molecule has 0 bridgehead atoms. The van der Waals surface area contributed by atoms with Crippen LogP contribution in [0.25, 0.3) is 0 Å². The minimum absolute atomic E-state index is 0.0572. The fourth-order valence-corrected chi connectivity index (χ4v) is 2.65. The van der Waals surface area contributed by atoms with E-state index in [1.165, 1.54) is 19.2 Å². The molecule has 1 aliphatic rings. The summed E-state index contributed by atoms with van der Waals surface area (Å²) in [7, 11) is 1.33. The van der Waals surface area contributed by atoms with Crippen LogP contribution in [-0.4, -0.2) is 18.7 Å². The van der Waals surface area contributed by atoms with Crippen LogP contribution in [0, 0.1) is 11.7 Å². The van der Waals surface area contributed by atoms with E-state index in [2.05, 4.69) is 0 Å². The van der Waals surface area contributed by atoms with E-state index in [1.54, 1.807) is 19.1 Å². The van der Waals surface area contributed by atoms with Crippen LogP contribution in [0.15, 0.2) is 24.3 Å². The molecule has 0 saturated carbocycles. The molecular formula is C14H17FO3. The Labute approximate surface area is 106 Å². The molecule has 1 saturated heterocycles. The summed E-state index contributed by atoms with van der Waals surface area (Å²) in [6.07, 6.45) is 0. The van der Waals surface area contributed by atoms with E-state index in [9.17, 15) is 9.18 Å². The Balaban J connectivity index is 2.43. The number of esters is 1. The van der Waals surface area contributed by atoms with E-state index in [1.807, 2.05) is 13.8 Å². The third kappa shape index (κ3) is 1.56. The predicted molar refractivity (Wildman–Crippen MR) is 64.4 cm³/mol. The SMILES string of the molecule is COC(=O)C1(C(C)C)OC1(C)c1cccc(F)c1. The van der Waals surface area contributed by atoms with Crippen LogP contribution in [-0.2, 0) is 19.9 Å². The Hall–Kier alpha value is -1.42. The van der Waals surface area contributed by atoms with Gasteiger partial charge in [-0.05, 0) is 30.5 Å². The highest BCUT2D eigenvalue weighted by Crippen LogP contribution is 2.60. The van der Waals surface area contributed by atoms with Crippen molar-refractivity contribution in [2.24, 2.45) is 5.92 Å². The number of benzene rings is 1. The number of methoxy groups -OCH3 is 1. The zero-order valence-electron chi connectivity index (χ0n) is 11.0. The molecule has 0 spiro atoms. The number of rotatable bonds is 3. The molecule has 2 rings (SSSR count). The van der Waals surface area contributed by atoms with Crippen molar-refractivity contribution in [3.63, 3.8) is 0 Å². The fraction of sp³-hybridized carbons (Fsp3) is 0.500. The average molecular weight is 252 g/mol. The first kappa shape index (κ1) is 13.0. The Kier molecular flexibility index (Phi) is 2.93. The third-order valence-corrected chi connectivity index (χ3v) is 3.71. The van der Waals surface area contributed by atoms with E-state index >= 15 is 0 Å². The number of ether oxygens (including phenoxy) is 2. The summed E-state index contributed by atoms with van der Waals surface area (Å²) in [4.78, 5) is 12.0. The Morgan fingerprint density at radius 3 is 2.61 bits per heavy atom. The highest BCUT2D eigenvalue weighted by atomic mass is 19.1. The molecule has 4 heteroatoms. The van der Waals surface area contributed by atoms with Crippen molar-refractivity contribution in [3.8, 4) is 0 Å². The summed E-state index contributed by atoms with van der Waals surface area (Å²) < 4.78 is 23.8. The van der Waals surface area contributed by atoms with Gasteiger partial charge in [0.1, 0.15) is 11.4 Å². The minimum Gasteiger partial charge on any atom is -0.467 e. The lowest BCUT2D eigenvalue weighted by atomic mass is 9.80. The maximum absolute atomic E-state index is 13.3. The van der Waals surface area contributed by atoms with E-state index in [0.29, 0.717) is 5.56 Å². The highest BCUT2D eigenvalue weighted by molar-refractivity contribution is 5.85. The van der Waals surface area contributed by atoms with Gasteiger partial charge in [-0.3, -0.25) is 0 Å². The first-order valence-electron chi connectivity index (χ1n) is 5.93. The van der Waals surface area contributed by atoms with Crippen molar-refractivity contribution in [2.45, 2.75) is 32.0 Å². The second-order valence-electron chi connectivity index (χ2n) is 5.03. The zero-order chi connectivity index (χ0) is 13.6. The van der Waals surface area contributed by atoms with E-state index in [4.69, 9.17) is 9.47 Å². The maximum Gasteiger partial charge on any atom is 0.341 e. The topological polar surface area (TPSA) is 38.8 Å². The lowest BCUT2D eigenvalue weighted by Gasteiger charge is -2.18. The van der Waals surface area contributed by atoms with Crippen molar-refractivity contribution < 1.29 is 18.7 Å². The first-order chi connectivity index (χ1) is 8.38. The van der Waals surface area contributed by atoms with Crippen LogP contribution in [0.3, 0.4) is 0 Å². The van der Waals surface area contributed by atoms with Crippen LogP contribution >= 0.6 is 0 Å². The summed E-state index contributed by atoms with van der Waals surface area (Å²) in [5, 5.41) is 0. The van der Waals surface area contributed by atoms with Gasteiger partial charge < -0.3 is 9.47 Å². The Bertz CT molecular complexity index is 486. The molecular weight excluding hydrogens is 235 g/mol. The molecule has 0 aromatic heterocycles. The maximum atomic E-state index is 13.3. The Morgan fingerprint density at radius 2 is 2.11 bits per heavy atom. The summed E-state index contributed by atoms with van der Waals surface area (Å²) in [6.45, 7) is 5.57. The van der Waals surface area contributed by atoms with Gasteiger partial charge >= 0.3 is 5.97 Å². The normalized spacial score (nSPS) is 30.3. The smallest absolute Gasteiger partial charge is 0.341 e.